The molecule has 0 saturated carbocycles. The van der Waals surface area contributed by atoms with Crippen molar-refractivity contribution in [3.63, 3.8) is 0 Å². The van der Waals surface area contributed by atoms with Gasteiger partial charge in [-0.1, -0.05) is 6.92 Å². The molecular formula is C17H23N3O. The van der Waals surface area contributed by atoms with Gasteiger partial charge in [0.2, 0.25) is 0 Å². The lowest BCUT2D eigenvalue weighted by atomic mass is 10.1. The lowest BCUT2D eigenvalue weighted by Crippen LogP contribution is -2.41. The number of aromatic amines is 1. The first-order chi connectivity index (χ1) is 10.3. The number of nitrogens with one attached hydrogen (secondary N) is 2. The normalized spacial score (nSPS) is 18.2. The van der Waals surface area contributed by atoms with Crippen LogP contribution in [0.4, 0.5) is 0 Å². The number of hydrogen-bond acceptors (Lipinski definition) is 2. The van der Waals surface area contributed by atoms with E-state index < -0.39 is 0 Å². The summed E-state index contributed by atoms with van der Waals surface area (Å²) in [5.41, 5.74) is 1.86. The lowest BCUT2D eigenvalue weighted by molar-refractivity contribution is 0.0742. The maximum atomic E-state index is 12.8. The maximum absolute atomic E-state index is 12.8. The van der Waals surface area contributed by atoms with Crippen molar-refractivity contribution in [2.24, 2.45) is 0 Å². The van der Waals surface area contributed by atoms with Crippen molar-refractivity contribution in [3.8, 4) is 0 Å². The Morgan fingerprint density at radius 2 is 2.29 bits per heavy atom. The van der Waals surface area contributed by atoms with E-state index in [9.17, 15) is 4.79 Å². The maximum Gasteiger partial charge on any atom is 0.253 e. The molecule has 2 heterocycles. The average molecular weight is 285 g/mol. The molecule has 2 N–H and O–H groups in total. The van der Waals surface area contributed by atoms with E-state index in [2.05, 4.69) is 17.2 Å². The highest BCUT2D eigenvalue weighted by atomic mass is 16.2. The molecule has 1 unspecified atom stereocenters. The highest BCUT2D eigenvalue weighted by Gasteiger charge is 2.22. The highest BCUT2D eigenvalue weighted by Crippen LogP contribution is 2.17. The topological polar surface area (TPSA) is 48.1 Å². The van der Waals surface area contributed by atoms with Crippen LogP contribution in [-0.2, 0) is 0 Å². The number of carbonyl (C=O) groups is 1. The third-order valence-electron chi connectivity index (χ3n) is 4.18. The summed E-state index contributed by atoms with van der Waals surface area (Å²) in [6.07, 6.45) is 5.29. The van der Waals surface area contributed by atoms with E-state index >= 15 is 0 Å². The Bertz CT molecular complexity index is 613. The Morgan fingerprint density at radius 1 is 1.38 bits per heavy atom. The van der Waals surface area contributed by atoms with E-state index in [1.165, 1.54) is 12.8 Å². The van der Waals surface area contributed by atoms with Gasteiger partial charge in [0.05, 0.1) is 0 Å². The van der Waals surface area contributed by atoms with Crippen molar-refractivity contribution in [1.29, 1.82) is 0 Å². The number of hydrogen-bond donors (Lipinski definition) is 2. The van der Waals surface area contributed by atoms with Crippen LogP contribution in [0.15, 0.2) is 30.5 Å². The van der Waals surface area contributed by atoms with E-state index in [0.717, 1.165) is 42.5 Å². The van der Waals surface area contributed by atoms with Gasteiger partial charge >= 0.3 is 0 Å². The molecule has 2 aromatic rings. The van der Waals surface area contributed by atoms with Crippen LogP contribution in [0.2, 0.25) is 0 Å². The minimum absolute atomic E-state index is 0.147. The molecule has 0 radical (unpaired) electrons. The average Bonchev–Trinajstić information content (AvgIpc) is 3.16. The fourth-order valence-corrected chi connectivity index (χ4v) is 3.09. The second kappa shape index (κ2) is 6.31. The molecule has 112 valence electrons. The molecule has 1 aromatic heterocycles. The third-order valence-corrected chi connectivity index (χ3v) is 4.18. The van der Waals surface area contributed by atoms with Gasteiger partial charge in [-0.3, -0.25) is 4.79 Å². The van der Waals surface area contributed by atoms with Crippen molar-refractivity contribution < 1.29 is 4.79 Å². The van der Waals surface area contributed by atoms with Gasteiger partial charge in [-0.25, -0.2) is 0 Å². The van der Waals surface area contributed by atoms with Gasteiger partial charge < -0.3 is 15.2 Å². The first-order valence-corrected chi connectivity index (χ1v) is 7.87. The van der Waals surface area contributed by atoms with Crippen molar-refractivity contribution >= 4 is 16.8 Å². The van der Waals surface area contributed by atoms with Crippen LogP contribution in [0.5, 0.6) is 0 Å². The van der Waals surface area contributed by atoms with Crippen molar-refractivity contribution in [2.45, 2.75) is 32.2 Å². The van der Waals surface area contributed by atoms with Crippen LogP contribution in [-0.4, -0.2) is 41.5 Å². The second-order valence-corrected chi connectivity index (χ2v) is 5.82. The van der Waals surface area contributed by atoms with Gasteiger partial charge in [0, 0.05) is 41.8 Å². The summed E-state index contributed by atoms with van der Waals surface area (Å²) in [5.74, 6) is 0.147. The second-order valence-electron chi connectivity index (χ2n) is 5.82. The molecule has 1 amide bonds. The molecule has 1 aromatic carbocycles. The quantitative estimate of drug-likeness (QED) is 0.887. The molecular weight excluding hydrogens is 262 g/mol. The number of H-pyrrole nitrogens is 1. The largest absolute Gasteiger partial charge is 0.361 e. The van der Waals surface area contributed by atoms with Gasteiger partial charge in [-0.2, -0.15) is 0 Å². The summed E-state index contributed by atoms with van der Waals surface area (Å²) in [7, 11) is 0. The van der Waals surface area contributed by atoms with E-state index in [-0.39, 0.29) is 5.91 Å². The molecule has 1 aliphatic rings. The molecule has 21 heavy (non-hydrogen) atoms. The third kappa shape index (κ3) is 3.10. The summed E-state index contributed by atoms with van der Waals surface area (Å²) >= 11 is 0. The number of amides is 1. The number of carbonyl (C=O) groups excluding carboxylic acids is 1. The SMILES string of the molecule is CCCN(CC1CCCN1)C(=O)c1ccc2[nH]ccc2c1. The minimum atomic E-state index is 0.147. The Balaban J connectivity index is 1.78. The number of fused-ring (bicyclic) bond motifs is 1. The number of benzene rings is 1. The van der Waals surface area contributed by atoms with Crippen molar-refractivity contribution in [1.82, 2.24) is 15.2 Å². The monoisotopic (exact) mass is 285 g/mol. The van der Waals surface area contributed by atoms with Crippen LogP contribution in [0, 0.1) is 0 Å². The Kier molecular flexibility index (Phi) is 4.25. The molecule has 0 aliphatic carbocycles. The standard InChI is InChI=1S/C17H23N3O/c1-2-10-20(12-15-4-3-8-18-15)17(21)14-5-6-16-13(11-14)7-9-19-16/h5-7,9,11,15,18-19H,2-4,8,10,12H2,1H3. The van der Waals surface area contributed by atoms with Crippen LogP contribution in [0.1, 0.15) is 36.5 Å². The molecule has 1 aliphatic heterocycles. The smallest absolute Gasteiger partial charge is 0.253 e. The number of rotatable bonds is 5. The first-order valence-electron chi connectivity index (χ1n) is 7.87. The van der Waals surface area contributed by atoms with Gasteiger partial charge in [0.1, 0.15) is 0 Å². The van der Waals surface area contributed by atoms with Crippen LogP contribution in [0.25, 0.3) is 10.9 Å². The van der Waals surface area contributed by atoms with E-state index in [1.54, 1.807) is 0 Å². The molecule has 4 heteroatoms. The van der Waals surface area contributed by atoms with Crippen molar-refractivity contribution in [2.75, 3.05) is 19.6 Å². The van der Waals surface area contributed by atoms with Gasteiger partial charge in [0.15, 0.2) is 0 Å². The van der Waals surface area contributed by atoms with Crippen LogP contribution >= 0.6 is 0 Å². The molecule has 1 saturated heterocycles. The number of nitrogens with zero attached hydrogens (tertiary/aromatic N) is 1. The summed E-state index contributed by atoms with van der Waals surface area (Å²) in [5, 5.41) is 4.57. The minimum Gasteiger partial charge on any atom is -0.361 e. The summed E-state index contributed by atoms with van der Waals surface area (Å²) in [6, 6.07) is 8.36. The summed E-state index contributed by atoms with van der Waals surface area (Å²) in [4.78, 5) is 17.9. The predicted octanol–water partition coefficient (Wildman–Crippen LogP) is 2.77. The zero-order valence-corrected chi connectivity index (χ0v) is 12.6. The van der Waals surface area contributed by atoms with Crippen LogP contribution in [0.3, 0.4) is 0 Å². The van der Waals surface area contributed by atoms with Gasteiger partial charge in [-0.05, 0) is 50.1 Å². The van der Waals surface area contributed by atoms with E-state index in [0.29, 0.717) is 6.04 Å². The highest BCUT2D eigenvalue weighted by molar-refractivity contribution is 5.98. The van der Waals surface area contributed by atoms with Crippen molar-refractivity contribution in [3.05, 3.63) is 36.0 Å². The van der Waals surface area contributed by atoms with E-state index in [4.69, 9.17) is 0 Å². The Hall–Kier alpha value is -1.81. The molecule has 4 nitrogen and oxygen atoms in total. The molecule has 1 atom stereocenters. The van der Waals surface area contributed by atoms with E-state index in [1.807, 2.05) is 35.4 Å². The fraction of sp³-hybridized carbons (Fsp3) is 0.471. The molecule has 0 bridgehead atoms. The van der Waals surface area contributed by atoms with Gasteiger partial charge in [0.25, 0.3) is 5.91 Å². The fourth-order valence-electron chi connectivity index (χ4n) is 3.09. The molecule has 0 spiro atoms. The van der Waals surface area contributed by atoms with Crippen LogP contribution < -0.4 is 5.32 Å². The number of aromatic nitrogens is 1. The predicted molar refractivity (Wildman–Crippen MR) is 85.5 cm³/mol. The summed E-state index contributed by atoms with van der Waals surface area (Å²) in [6.45, 7) is 4.84. The molecule has 1 fully saturated rings. The summed E-state index contributed by atoms with van der Waals surface area (Å²) < 4.78 is 0. The van der Waals surface area contributed by atoms with Gasteiger partial charge in [-0.15, -0.1) is 0 Å². The Labute approximate surface area is 125 Å². The zero-order chi connectivity index (χ0) is 14.7. The molecule has 3 rings (SSSR count). The lowest BCUT2D eigenvalue weighted by Gasteiger charge is -2.25. The zero-order valence-electron chi connectivity index (χ0n) is 12.6. The first kappa shape index (κ1) is 14.1. The Morgan fingerprint density at radius 3 is 3.05 bits per heavy atom.